The van der Waals surface area contributed by atoms with Gasteiger partial charge in [-0.15, -0.1) is 11.3 Å². The minimum atomic E-state index is 0.316. The molecule has 2 aromatic heterocycles. The number of hydrogen-bond donors (Lipinski definition) is 1. The molecule has 1 aliphatic carbocycles. The first-order valence-corrected chi connectivity index (χ1v) is 8.59. The second-order valence-corrected chi connectivity index (χ2v) is 7.58. The number of nitrogens with zero attached hydrogens (tertiary/aromatic N) is 3. The maximum absolute atomic E-state index is 4.95. The van der Waals surface area contributed by atoms with Crippen molar-refractivity contribution in [2.75, 3.05) is 6.54 Å². The third-order valence-electron chi connectivity index (χ3n) is 4.17. The van der Waals surface area contributed by atoms with E-state index < -0.39 is 0 Å². The standard InChI is InChI=1S/C16H24N4S/c1-5-18-11-7-16(3,4)8-12-14(11)21-15(19-12)13-9-17-10-20(13)6-2/h9-11,18H,5-8H2,1-4H3. The van der Waals surface area contributed by atoms with Crippen LogP contribution in [0, 0.1) is 5.41 Å². The predicted molar refractivity (Wildman–Crippen MR) is 87.5 cm³/mol. The lowest BCUT2D eigenvalue weighted by molar-refractivity contribution is 0.260. The van der Waals surface area contributed by atoms with E-state index in [0.29, 0.717) is 11.5 Å². The Morgan fingerprint density at radius 3 is 2.95 bits per heavy atom. The van der Waals surface area contributed by atoms with Crippen molar-refractivity contribution in [1.82, 2.24) is 19.9 Å². The first-order chi connectivity index (χ1) is 10.0. The first-order valence-electron chi connectivity index (χ1n) is 7.77. The Labute approximate surface area is 130 Å². The highest BCUT2D eigenvalue weighted by molar-refractivity contribution is 7.15. The average molecular weight is 304 g/mol. The van der Waals surface area contributed by atoms with Crippen LogP contribution in [0.1, 0.15) is 50.7 Å². The third-order valence-corrected chi connectivity index (χ3v) is 5.40. The summed E-state index contributed by atoms with van der Waals surface area (Å²) in [6, 6.07) is 0.443. The van der Waals surface area contributed by atoms with Gasteiger partial charge in [-0.2, -0.15) is 0 Å². The van der Waals surface area contributed by atoms with Crippen molar-refractivity contribution < 1.29 is 0 Å². The molecule has 2 aromatic rings. The monoisotopic (exact) mass is 304 g/mol. The van der Waals surface area contributed by atoms with E-state index in [9.17, 15) is 0 Å². The van der Waals surface area contributed by atoms with Crippen molar-refractivity contribution in [3.63, 3.8) is 0 Å². The van der Waals surface area contributed by atoms with E-state index in [-0.39, 0.29) is 0 Å². The Kier molecular flexibility index (Phi) is 3.88. The zero-order chi connectivity index (χ0) is 15.0. The van der Waals surface area contributed by atoms with Crippen LogP contribution in [0.4, 0.5) is 0 Å². The van der Waals surface area contributed by atoms with Gasteiger partial charge in [0.25, 0.3) is 0 Å². The van der Waals surface area contributed by atoms with Gasteiger partial charge in [0, 0.05) is 17.5 Å². The van der Waals surface area contributed by atoms with Crippen LogP contribution in [0.3, 0.4) is 0 Å². The van der Waals surface area contributed by atoms with Crippen molar-refractivity contribution >= 4 is 11.3 Å². The van der Waals surface area contributed by atoms with Crippen LogP contribution >= 0.6 is 11.3 Å². The zero-order valence-electron chi connectivity index (χ0n) is 13.3. The number of aryl methyl sites for hydroxylation is 1. The predicted octanol–water partition coefficient (Wildman–Crippen LogP) is 3.65. The molecule has 1 atom stereocenters. The molecule has 114 valence electrons. The van der Waals surface area contributed by atoms with E-state index in [2.05, 4.69) is 42.6 Å². The quantitative estimate of drug-likeness (QED) is 0.937. The molecule has 0 saturated heterocycles. The number of fused-ring (bicyclic) bond motifs is 1. The van der Waals surface area contributed by atoms with Crippen molar-refractivity contribution in [3.8, 4) is 10.7 Å². The Morgan fingerprint density at radius 2 is 2.24 bits per heavy atom. The Balaban J connectivity index is 2.01. The molecule has 21 heavy (non-hydrogen) atoms. The summed E-state index contributed by atoms with van der Waals surface area (Å²) in [6.45, 7) is 10.9. The molecule has 1 aliphatic rings. The van der Waals surface area contributed by atoms with E-state index in [1.165, 1.54) is 17.0 Å². The van der Waals surface area contributed by atoms with Gasteiger partial charge >= 0.3 is 0 Å². The van der Waals surface area contributed by atoms with Crippen molar-refractivity contribution in [1.29, 1.82) is 0 Å². The highest BCUT2D eigenvalue weighted by Gasteiger charge is 2.35. The minimum Gasteiger partial charge on any atom is -0.329 e. The van der Waals surface area contributed by atoms with Gasteiger partial charge in [-0.3, -0.25) is 0 Å². The van der Waals surface area contributed by atoms with E-state index in [1.807, 2.05) is 23.9 Å². The van der Waals surface area contributed by atoms with Crippen molar-refractivity contribution in [3.05, 3.63) is 23.1 Å². The maximum Gasteiger partial charge on any atom is 0.142 e. The summed E-state index contributed by atoms with van der Waals surface area (Å²) in [5.41, 5.74) is 2.74. The summed E-state index contributed by atoms with van der Waals surface area (Å²) in [6.07, 6.45) is 6.08. The minimum absolute atomic E-state index is 0.316. The maximum atomic E-state index is 4.95. The van der Waals surface area contributed by atoms with E-state index >= 15 is 0 Å². The highest BCUT2D eigenvalue weighted by Crippen LogP contribution is 2.44. The number of imidazole rings is 1. The van der Waals surface area contributed by atoms with E-state index in [4.69, 9.17) is 4.98 Å². The number of hydrogen-bond acceptors (Lipinski definition) is 4. The van der Waals surface area contributed by atoms with Gasteiger partial charge in [0.15, 0.2) is 0 Å². The molecule has 0 aliphatic heterocycles. The first kappa shape index (κ1) is 14.7. The molecule has 1 N–H and O–H groups in total. The zero-order valence-corrected chi connectivity index (χ0v) is 14.1. The van der Waals surface area contributed by atoms with Gasteiger partial charge in [0.05, 0.1) is 23.9 Å². The topological polar surface area (TPSA) is 42.7 Å². The molecule has 0 bridgehead atoms. The molecule has 0 amide bonds. The fourth-order valence-corrected chi connectivity index (χ4v) is 4.39. The molecule has 0 aromatic carbocycles. The summed E-state index contributed by atoms with van der Waals surface area (Å²) >= 11 is 1.84. The Morgan fingerprint density at radius 1 is 1.43 bits per heavy atom. The number of nitrogens with one attached hydrogen (secondary N) is 1. The van der Waals surface area contributed by atoms with Gasteiger partial charge in [-0.1, -0.05) is 20.8 Å². The van der Waals surface area contributed by atoms with Crippen LogP contribution < -0.4 is 5.32 Å². The van der Waals surface area contributed by atoms with Crippen LogP contribution in [0.5, 0.6) is 0 Å². The SMILES string of the molecule is CCNC1CC(C)(C)Cc2nc(-c3cncn3CC)sc21. The van der Waals surface area contributed by atoms with Gasteiger partial charge in [0.2, 0.25) is 0 Å². The van der Waals surface area contributed by atoms with Gasteiger partial charge < -0.3 is 9.88 Å². The van der Waals surface area contributed by atoms with Crippen LogP contribution in [-0.2, 0) is 13.0 Å². The van der Waals surface area contributed by atoms with Crippen LogP contribution in [0.25, 0.3) is 10.7 Å². The lowest BCUT2D eigenvalue weighted by Crippen LogP contribution is -2.32. The lowest BCUT2D eigenvalue weighted by atomic mass is 9.76. The average Bonchev–Trinajstić information content (AvgIpc) is 3.02. The molecular weight excluding hydrogens is 280 g/mol. The molecular formula is C16H24N4S. The molecule has 0 fully saturated rings. The molecule has 0 radical (unpaired) electrons. The van der Waals surface area contributed by atoms with Crippen LogP contribution in [-0.4, -0.2) is 21.1 Å². The number of rotatable bonds is 4. The molecule has 1 unspecified atom stereocenters. The molecule has 3 rings (SSSR count). The second-order valence-electron chi connectivity index (χ2n) is 6.55. The normalized spacial score (nSPS) is 20.5. The van der Waals surface area contributed by atoms with Crippen LogP contribution in [0.15, 0.2) is 12.5 Å². The smallest absolute Gasteiger partial charge is 0.142 e. The summed E-state index contributed by atoms with van der Waals surface area (Å²) in [5, 5.41) is 4.74. The lowest BCUT2D eigenvalue weighted by Gasteiger charge is -2.34. The fourth-order valence-electron chi connectivity index (χ4n) is 3.20. The number of thiazole rings is 1. The third kappa shape index (κ3) is 2.77. The Hall–Kier alpha value is -1.20. The van der Waals surface area contributed by atoms with Gasteiger partial charge in [-0.05, 0) is 31.7 Å². The van der Waals surface area contributed by atoms with Gasteiger partial charge in [0.1, 0.15) is 5.01 Å². The summed E-state index contributed by atoms with van der Waals surface area (Å²) < 4.78 is 2.16. The molecule has 0 saturated carbocycles. The fraction of sp³-hybridized carbons (Fsp3) is 0.625. The number of aromatic nitrogens is 3. The summed E-state index contributed by atoms with van der Waals surface area (Å²) in [7, 11) is 0. The molecule has 0 spiro atoms. The highest BCUT2D eigenvalue weighted by atomic mass is 32.1. The van der Waals surface area contributed by atoms with Crippen molar-refractivity contribution in [2.45, 2.75) is 53.1 Å². The second kappa shape index (κ2) is 5.54. The van der Waals surface area contributed by atoms with E-state index in [1.54, 1.807) is 0 Å². The summed E-state index contributed by atoms with van der Waals surface area (Å²) in [4.78, 5) is 10.6. The van der Waals surface area contributed by atoms with Gasteiger partial charge in [-0.25, -0.2) is 9.97 Å². The largest absolute Gasteiger partial charge is 0.329 e. The van der Waals surface area contributed by atoms with Crippen molar-refractivity contribution in [2.24, 2.45) is 5.41 Å². The van der Waals surface area contributed by atoms with E-state index in [0.717, 1.165) is 30.2 Å². The Bertz CT molecular complexity index is 626. The molecule has 2 heterocycles. The molecule has 4 nitrogen and oxygen atoms in total. The summed E-state index contributed by atoms with van der Waals surface area (Å²) in [5.74, 6) is 0. The molecule has 5 heteroatoms. The van der Waals surface area contributed by atoms with Crippen LogP contribution in [0.2, 0.25) is 0 Å².